The molecule has 0 aliphatic carbocycles. The summed E-state index contributed by atoms with van der Waals surface area (Å²) in [6.45, 7) is 3.45. The van der Waals surface area contributed by atoms with E-state index in [0.717, 1.165) is 42.9 Å². The summed E-state index contributed by atoms with van der Waals surface area (Å²) >= 11 is 1.43. The topological polar surface area (TPSA) is 61.9 Å². The molecule has 1 amide bonds. The van der Waals surface area contributed by atoms with Crippen LogP contribution in [0.3, 0.4) is 0 Å². The number of aromatic amines is 1. The molecule has 1 aliphatic heterocycles. The van der Waals surface area contributed by atoms with E-state index in [4.69, 9.17) is 0 Å². The Balaban J connectivity index is 1.51. The van der Waals surface area contributed by atoms with E-state index in [1.54, 1.807) is 5.51 Å². The molecule has 4 rings (SSSR count). The number of carbonyl (C=O) groups excluding carboxylic acids is 1. The summed E-state index contributed by atoms with van der Waals surface area (Å²) in [6, 6.07) is 10.4. The second kappa shape index (κ2) is 7.41. The first-order chi connectivity index (χ1) is 12.7. The van der Waals surface area contributed by atoms with Gasteiger partial charge in [0, 0.05) is 31.1 Å². The summed E-state index contributed by atoms with van der Waals surface area (Å²) in [5.41, 5.74) is 6.25. The van der Waals surface area contributed by atoms with Crippen LogP contribution in [0.2, 0.25) is 0 Å². The van der Waals surface area contributed by atoms with Gasteiger partial charge in [0.2, 0.25) is 0 Å². The summed E-state index contributed by atoms with van der Waals surface area (Å²) in [6.07, 6.45) is 4.88. The number of rotatable bonds is 4. The van der Waals surface area contributed by atoms with Crippen LogP contribution in [0.5, 0.6) is 0 Å². The maximum Gasteiger partial charge on any atom is 0.265 e. The fourth-order valence-corrected chi connectivity index (χ4v) is 4.45. The molecule has 0 spiro atoms. The minimum atomic E-state index is 0.110. The summed E-state index contributed by atoms with van der Waals surface area (Å²) in [5, 5.41) is 7.49. The van der Waals surface area contributed by atoms with Crippen LogP contribution in [-0.4, -0.2) is 39.1 Å². The Morgan fingerprint density at radius 3 is 2.96 bits per heavy atom. The molecule has 1 aromatic carbocycles. The van der Waals surface area contributed by atoms with E-state index in [0.29, 0.717) is 5.92 Å². The number of nitrogens with zero attached hydrogens (tertiary/aromatic N) is 3. The van der Waals surface area contributed by atoms with Crippen molar-refractivity contribution in [1.29, 1.82) is 0 Å². The average Bonchev–Trinajstić information content (AvgIpc) is 3.31. The maximum absolute atomic E-state index is 12.8. The largest absolute Gasteiger partial charge is 0.337 e. The number of thiazole rings is 1. The van der Waals surface area contributed by atoms with Crippen molar-refractivity contribution in [3.8, 4) is 0 Å². The number of benzene rings is 1. The number of carbonyl (C=O) groups is 1. The molecule has 1 aliphatic rings. The van der Waals surface area contributed by atoms with Gasteiger partial charge in [-0.25, -0.2) is 4.98 Å². The van der Waals surface area contributed by atoms with Crippen molar-refractivity contribution in [2.45, 2.75) is 32.1 Å². The molecule has 134 valence electrons. The Morgan fingerprint density at radius 2 is 2.19 bits per heavy atom. The molecular formula is C20H22N4OS. The minimum Gasteiger partial charge on any atom is -0.337 e. The Labute approximate surface area is 157 Å². The number of piperidine rings is 1. The number of likely N-dealkylation sites (tertiary alicyclic amines) is 1. The fourth-order valence-electron chi connectivity index (χ4n) is 3.68. The van der Waals surface area contributed by atoms with Gasteiger partial charge in [-0.15, -0.1) is 11.3 Å². The van der Waals surface area contributed by atoms with E-state index in [1.807, 2.05) is 24.1 Å². The zero-order valence-corrected chi connectivity index (χ0v) is 15.6. The van der Waals surface area contributed by atoms with E-state index in [2.05, 4.69) is 39.4 Å². The number of aromatic nitrogens is 3. The van der Waals surface area contributed by atoms with Crippen LogP contribution in [0, 0.1) is 6.92 Å². The smallest absolute Gasteiger partial charge is 0.265 e. The van der Waals surface area contributed by atoms with Gasteiger partial charge in [-0.2, -0.15) is 5.10 Å². The highest BCUT2D eigenvalue weighted by Gasteiger charge is 2.29. The van der Waals surface area contributed by atoms with Gasteiger partial charge in [-0.1, -0.05) is 30.3 Å². The second-order valence-electron chi connectivity index (χ2n) is 6.83. The van der Waals surface area contributed by atoms with Crippen molar-refractivity contribution in [2.24, 2.45) is 0 Å². The standard InChI is InChI=1S/C20H22N4OS/c1-14-19(26-13-21-14)20(25)24-9-5-8-16(12-24)18-17(11-22-23-18)10-15-6-3-2-4-7-15/h2-4,6-7,11,13,16H,5,8-10,12H2,1H3,(H,22,23)/t16-/m0/s1. The summed E-state index contributed by atoms with van der Waals surface area (Å²) in [5.74, 6) is 0.418. The molecule has 0 radical (unpaired) electrons. The minimum absolute atomic E-state index is 0.110. The van der Waals surface area contributed by atoms with Gasteiger partial charge < -0.3 is 4.90 Å². The first-order valence-electron chi connectivity index (χ1n) is 8.98. The van der Waals surface area contributed by atoms with Crippen LogP contribution in [-0.2, 0) is 6.42 Å². The van der Waals surface area contributed by atoms with Gasteiger partial charge in [0.25, 0.3) is 5.91 Å². The third kappa shape index (κ3) is 3.42. The molecule has 0 bridgehead atoms. The Kier molecular flexibility index (Phi) is 4.84. The van der Waals surface area contributed by atoms with Crippen molar-refractivity contribution in [1.82, 2.24) is 20.1 Å². The number of amides is 1. The number of aryl methyl sites for hydroxylation is 1. The van der Waals surface area contributed by atoms with Crippen molar-refractivity contribution >= 4 is 17.2 Å². The number of nitrogens with one attached hydrogen (secondary N) is 1. The third-order valence-corrected chi connectivity index (χ3v) is 5.96. The van der Waals surface area contributed by atoms with Gasteiger partial charge in [-0.05, 0) is 30.9 Å². The van der Waals surface area contributed by atoms with Crippen LogP contribution in [0.1, 0.15) is 50.9 Å². The van der Waals surface area contributed by atoms with Crippen LogP contribution in [0.15, 0.2) is 42.0 Å². The lowest BCUT2D eigenvalue weighted by Gasteiger charge is -2.32. The molecule has 3 aromatic rings. The van der Waals surface area contributed by atoms with Gasteiger partial charge in [0.05, 0.1) is 17.4 Å². The maximum atomic E-state index is 12.8. The predicted octanol–water partition coefficient (Wildman–Crippen LogP) is 3.79. The first kappa shape index (κ1) is 17.0. The lowest BCUT2D eigenvalue weighted by atomic mass is 9.90. The molecule has 5 nitrogen and oxygen atoms in total. The summed E-state index contributed by atoms with van der Waals surface area (Å²) < 4.78 is 0. The highest BCUT2D eigenvalue weighted by molar-refractivity contribution is 7.11. The van der Waals surface area contributed by atoms with Crippen LogP contribution in [0.4, 0.5) is 0 Å². The summed E-state index contributed by atoms with van der Waals surface area (Å²) in [4.78, 5) is 19.8. The third-order valence-electron chi connectivity index (χ3n) is 5.05. The molecular weight excluding hydrogens is 344 g/mol. The first-order valence-corrected chi connectivity index (χ1v) is 9.85. The van der Waals surface area contributed by atoms with Crippen molar-refractivity contribution in [2.75, 3.05) is 13.1 Å². The molecule has 26 heavy (non-hydrogen) atoms. The monoisotopic (exact) mass is 366 g/mol. The van der Waals surface area contributed by atoms with E-state index in [9.17, 15) is 4.79 Å². The van der Waals surface area contributed by atoms with Gasteiger partial charge in [0.15, 0.2) is 0 Å². The van der Waals surface area contributed by atoms with Crippen molar-refractivity contribution < 1.29 is 4.79 Å². The Morgan fingerprint density at radius 1 is 1.35 bits per heavy atom. The van der Waals surface area contributed by atoms with E-state index in [1.165, 1.54) is 28.2 Å². The lowest BCUT2D eigenvalue weighted by Crippen LogP contribution is -2.39. The number of H-pyrrole nitrogens is 1. The highest BCUT2D eigenvalue weighted by Crippen LogP contribution is 2.30. The number of hydrogen-bond donors (Lipinski definition) is 1. The van der Waals surface area contributed by atoms with Gasteiger partial charge in [0.1, 0.15) is 4.88 Å². The molecule has 3 heterocycles. The quantitative estimate of drug-likeness (QED) is 0.764. The van der Waals surface area contributed by atoms with E-state index in [-0.39, 0.29) is 5.91 Å². The molecule has 1 saturated heterocycles. The second-order valence-corrected chi connectivity index (χ2v) is 7.68. The zero-order valence-electron chi connectivity index (χ0n) is 14.8. The molecule has 2 aromatic heterocycles. The fraction of sp³-hybridized carbons (Fsp3) is 0.350. The highest BCUT2D eigenvalue weighted by atomic mass is 32.1. The van der Waals surface area contributed by atoms with Crippen LogP contribution >= 0.6 is 11.3 Å². The molecule has 0 saturated carbocycles. The SMILES string of the molecule is Cc1ncsc1C(=O)N1CCC[C@H](c2[nH]ncc2Cc2ccccc2)C1. The molecule has 0 unspecified atom stereocenters. The Hall–Kier alpha value is -2.47. The van der Waals surface area contributed by atoms with Crippen molar-refractivity contribution in [3.63, 3.8) is 0 Å². The van der Waals surface area contributed by atoms with Crippen LogP contribution in [0.25, 0.3) is 0 Å². The van der Waals surface area contributed by atoms with E-state index < -0.39 is 0 Å². The average molecular weight is 366 g/mol. The normalized spacial score (nSPS) is 17.4. The zero-order chi connectivity index (χ0) is 17.9. The lowest BCUT2D eigenvalue weighted by molar-refractivity contribution is 0.0709. The van der Waals surface area contributed by atoms with Gasteiger partial charge in [-0.3, -0.25) is 9.89 Å². The molecule has 1 fully saturated rings. The molecule has 6 heteroatoms. The predicted molar refractivity (Wildman–Crippen MR) is 103 cm³/mol. The van der Waals surface area contributed by atoms with Gasteiger partial charge >= 0.3 is 0 Å². The van der Waals surface area contributed by atoms with Crippen LogP contribution < -0.4 is 0 Å². The summed E-state index contributed by atoms with van der Waals surface area (Å²) in [7, 11) is 0. The van der Waals surface area contributed by atoms with Crippen molar-refractivity contribution in [3.05, 3.63) is 69.4 Å². The Bertz CT molecular complexity index is 886. The molecule has 1 atom stereocenters. The number of hydrogen-bond acceptors (Lipinski definition) is 4. The molecule has 1 N–H and O–H groups in total. The van der Waals surface area contributed by atoms with E-state index >= 15 is 0 Å².